The molecule has 0 amide bonds. The van der Waals surface area contributed by atoms with Gasteiger partial charge in [0, 0.05) is 5.39 Å². The van der Waals surface area contributed by atoms with Crippen LogP contribution in [0, 0.1) is 0 Å². The third-order valence-electron chi connectivity index (χ3n) is 1.83. The Morgan fingerprint density at radius 1 is 1.07 bits per heavy atom. The lowest BCUT2D eigenvalue weighted by Gasteiger charge is -1.97. The lowest BCUT2D eigenvalue weighted by molar-refractivity contribution is 1.30. The Morgan fingerprint density at radius 2 is 1.86 bits per heavy atom. The van der Waals surface area contributed by atoms with Crippen LogP contribution in [-0.2, 0) is 0 Å². The molecule has 0 saturated carbocycles. The summed E-state index contributed by atoms with van der Waals surface area (Å²) in [5, 5.41) is 1.07. The van der Waals surface area contributed by atoms with E-state index >= 15 is 0 Å². The number of rotatable bonds is 1. The summed E-state index contributed by atoms with van der Waals surface area (Å²) in [6.45, 7) is 0. The molecular formula is C10H10N4. The summed E-state index contributed by atoms with van der Waals surface area (Å²) < 4.78 is 0. The fourth-order valence-corrected chi connectivity index (χ4v) is 1.25. The summed E-state index contributed by atoms with van der Waals surface area (Å²) in [5.41, 5.74) is 11.4. The number of hydrogen-bond donors (Lipinski definition) is 2. The summed E-state index contributed by atoms with van der Waals surface area (Å²) in [4.78, 5) is 8.14. The molecule has 0 radical (unpaired) electrons. The van der Waals surface area contributed by atoms with Crippen LogP contribution in [0.15, 0.2) is 41.4 Å². The Morgan fingerprint density at radius 3 is 2.64 bits per heavy atom. The highest BCUT2D eigenvalue weighted by Crippen LogP contribution is 2.15. The van der Waals surface area contributed by atoms with Crippen LogP contribution < -0.4 is 11.5 Å². The van der Waals surface area contributed by atoms with E-state index in [0.717, 1.165) is 10.9 Å². The summed E-state index contributed by atoms with van der Waals surface area (Å²) in [6, 6.07) is 11.5. The van der Waals surface area contributed by atoms with Crippen LogP contribution in [0.5, 0.6) is 0 Å². The van der Waals surface area contributed by atoms with Crippen LogP contribution in [0.3, 0.4) is 0 Å². The van der Waals surface area contributed by atoms with Crippen molar-refractivity contribution in [2.75, 3.05) is 0 Å². The minimum atomic E-state index is 0.0211. The van der Waals surface area contributed by atoms with Gasteiger partial charge in [-0.2, -0.15) is 4.99 Å². The van der Waals surface area contributed by atoms with E-state index in [1.165, 1.54) is 0 Å². The SMILES string of the molecule is NC(N)=Nc1ccc2ccccc2n1. The molecule has 0 aliphatic rings. The highest BCUT2D eigenvalue weighted by molar-refractivity contribution is 5.82. The molecule has 0 aliphatic carbocycles. The number of aliphatic imine (C=N–C) groups is 1. The van der Waals surface area contributed by atoms with Crippen LogP contribution in [0.1, 0.15) is 0 Å². The van der Waals surface area contributed by atoms with Crippen molar-refractivity contribution in [1.29, 1.82) is 0 Å². The van der Waals surface area contributed by atoms with E-state index in [2.05, 4.69) is 9.98 Å². The van der Waals surface area contributed by atoms with Crippen molar-refractivity contribution in [2.45, 2.75) is 0 Å². The zero-order valence-electron chi connectivity index (χ0n) is 7.51. The van der Waals surface area contributed by atoms with E-state index in [1.807, 2.05) is 30.3 Å². The normalized spacial score (nSPS) is 10.0. The van der Waals surface area contributed by atoms with E-state index in [9.17, 15) is 0 Å². The number of para-hydroxylation sites is 1. The van der Waals surface area contributed by atoms with Gasteiger partial charge in [-0.15, -0.1) is 0 Å². The van der Waals surface area contributed by atoms with Crippen molar-refractivity contribution in [3.63, 3.8) is 0 Å². The zero-order chi connectivity index (χ0) is 9.97. The van der Waals surface area contributed by atoms with Crippen LogP contribution in [-0.4, -0.2) is 10.9 Å². The number of hydrogen-bond acceptors (Lipinski definition) is 2. The molecule has 4 nitrogen and oxygen atoms in total. The van der Waals surface area contributed by atoms with E-state index in [-0.39, 0.29) is 5.96 Å². The molecule has 1 heterocycles. The largest absolute Gasteiger partial charge is 0.370 e. The van der Waals surface area contributed by atoms with Crippen molar-refractivity contribution < 1.29 is 0 Å². The number of guanidine groups is 1. The van der Waals surface area contributed by atoms with Gasteiger partial charge in [0.05, 0.1) is 5.52 Å². The van der Waals surface area contributed by atoms with Crippen molar-refractivity contribution in [3.05, 3.63) is 36.4 Å². The molecule has 0 bridgehead atoms. The van der Waals surface area contributed by atoms with Crippen LogP contribution in [0.2, 0.25) is 0 Å². The third kappa shape index (κ3) is 1.64. The molecular weight excluding hydrogens is 176 g/mol. The topological polar surface area (TPSA) is 77.3 Å². The first-order valence-corrected chi connectivity index (χ1v) is 4.21. The molecule has 0 unspecified atom stereocenters. The van der Waals surface area contributed by atoms with Crippen molar-refractivity contribution in [3.8, 4) is 0 Å². The van der Waals surface area contributed by atoms with Gasteiger partial charge in [0.25, 0.3) is 0 Å². The molecule has 0 atom stereocenters. The molecule has 2 aromatic rings. The maximum atomic E-state index is 5.26. The number of aromatic nitrogens is 1. The van der Waals surface area contributed by atoms with E-state index < -0.39 is 0 Å². The fourth-order valence-electron chi connectivity index (χ4n) is 1.25. The summed E-state index contributed by atoms with van der Waals surface area (Å²) >= 11 is 0. The second kappa shape index (κ2) is 3.33. The predicted octanol–water partition coefficient (Wildman–Crippen LogP) is 1.14. The van der Waals surface area contributed by atoms with Crippen LogP contribution in [0.25, 0.3) is 10.9 Å². The quantitative estimate of drug-likeness (QED) is 0.518. The monoisotopic (exact) mass is 186 g/mol. The molecule has 14 heavy (non-hydrogen) atoms. The highest BCUT2D eigenvalue weighted by Gasteiger charge is 1.95. The number of nitrogens with zero attached hydrogens (tertiary/aromatic N) is 2. The zero-order valence-corrected chi connectivity index (χ0v) is 7.51. The fraction of sp³-hybridized carbons (Fsp3) is 0. The van der Waals surface area contributed by atoms with Gasteiger partial charge in [0.2, 0.25) is 0 Å². The van der Waals surface area contributed by atoms with Gasteiger partial charge in [-0.25, -0.2) is 4.98 Å². The van der Waals surface area contributed by atoms with Gasteiger partial charge >= 0.3 is 0 Å². The van der Waals surface area contributed by atoms with Gasteiger partial charge in [-0.1, -0.05) is 18.2 Å². The van der Waals surface area contributed by atoms with Crippen LogP contribution >= 0.6 is 0 Å². The average Bonchev–Trinajstić information content (AvgIpc) is 2.17. The first-order chi connectivity index (χ1) is 6.75. The van der Waals surface area contributed by atoms with Crippen molar-refractivity contribution >= 4 is 22.7 Å². The lowest BCUT2D eigenvalue weighted by atomic mass is 10.2. The van der Waals surface area contributed by atoms with Gasteiger partial charge in [-0.3, -0.25) is 0 Å². The number of nitrogens with two attached hydrogens (primary N) is 2. The second-order valence-corrected chi connectivity index (χ2v) is 2.90. The summed E-state index contributed by atoms with van der Waals surface area (Å²) in [5.74, 6) is 0.552. The smallest absolute Gasteiger partial charge is 0.192 e. The Labute approximate surface area is 81.3 Å². The van der Waals surface area contributed by atoms with E-state index in [0.29, 0.717) is 5.82 Å². The van der Waals surface area contributed by atoms with Crippen LogP contribution in [0.4, 0.5) is 5.82 Å². The molecule has 70 valence electrons. The molecule has 0 saturated heterocycles. The van der Waals surface area contributed by atoms with Gasteiger partial charge < -0.3 is 11.5 Å². The molecule has 0 fully saturated rings. The van der Waals surface area contributed by atoms with Gasteiger partial charge in [0.15, 0.2) is 11.8 Å². The molecule has 0 aliphatic heterocycles. The molecule has 4 N–H and O–H groups in total. The number of pyridine rings is 1. The minimum Gasteiger partial charge on any atom is -0.370 e. The maximum absolute atomic E-state index is 5.26. The van der Waals surface area contributed by atoms with E-state index in [1.54, 1.807) is 6.07 Å². The minimum absolute atomic E-state index is 0.0211. The summed E-state index contributed by atoms with van der Waals surface area (Å²) in [6.07, 6.45) is 0. The molecule has 0 spiro atoms. The summed E-state index contributed by atoms with van der Waals surface area (Å²) in [7, 11) is 0. The van der Waals surface area contributed by atoms with Crippen molar-refractivity contribution in [1.82, 2.24) is 4.98 Å². The first-order valence-electron chi connectivity index (χ1n) is 4.21. The number of benzene rings is 1. The lowest BCUT2D eigenvalue weighted by Crippen LogP contribution is -2.22. The molecule has 2 rings (SSSR count). The Hall–Kier alpha value is -2.10. The second-order valence-electron chi connectivity index (χ2n) is 2.90. The Balaban J connectivity index is 2.57. The first kappa shape index (κ1) is 8.50. The predicted molar refractivity (Wildman–Crippen MR) is 57.2 cm³/mol. The molecule has 4 heteroatoms. The van der Waals surface area contributed by atoms with Gasteiger partial charge in [0.1, 0.15) is 0 Å². The molecule has 1 aromatic heterocycles. The Kier molecular flexibility index (Phi) is 2.02. The Bertz CT molecular complexity index is 486. The maximum Gasteiger partial charge on any atom is 0.192 e. The van der Waals surface area contributed by atoms with Gasteiger partial charge in [-0.05, 0) is 18.2 Å². The van der Waals surface area contributed by atoms with E-state index in [4.69, 9.17) is 11.5 Å². The standard InChI is InChI=1S/C10H10N4/c11-10(12)14-9-6-5-7-3-1-2-4-8(7)13-9/h1-6H,(H4,11,12,13,14). The average molecular weight is 186 g/mol. The molecule has 1 aromatic carbocycles. The third-order valence-corrected chi connectivity index (χ3v) is 1.83. The highest BCUT2D eigenvalue weighted by atomic mass is 15.0. The number of fused-ring (bicyclic) bond motifs is 1. The van der Waals surface area contributed by atoms with Crippen molar-refractivity contribution in [2.24, 2.45) is 16.5 Å².